The van der Waals surface area contributed by atoms with Gasteiger partial charge in [0.25, 0.3) is 0 Å². The fourth-order valence-corrected chi connectivity index (χ4v) is 1.29. The van der Waals surface area contributed by atoms with Gasteiger partial charge in [0.2, 0.25) is 0 Å². The molecule has 0 aromatic heterocycles. The maximum Gasteiger partial charge on any atom is 0.303 e. The van der Waals surface area contributed by atoms with Crippen molar-refractivity contribution in [2.45, 2.75) is 32.1 Å². The Hall–Kier alpha value is -0.690. The lowest BCUT2D eigenvalue weighted by atomic mass is 10.2. The van der Waals surface area contributed by atoms with Crippen molar-refractivity contribution in [3.05, 3.63) is 0 Å². The first kappa shape index (κ1) is 11.3. The summed E-state index contributed by atoms with van der Waals surface area (Å²) >= 11 is 1.26. The van der Waals surface area contributed by atoms with E-state index in [9.17, 15) is 4.79 Å². The second-order valence-electron chi connectivity index (χ2n) is 2.50. The SMILES string of the molecule is N#CSCCCCCCC(=O)O. The molecule has 68 valence electrons. The van der Waals surface area contributed by atoms with Crippen LogP contribution in [0.2, 0.25) is 0 Å². The molecule has 0 radical (unpaired) electrons. The second-order valence-corrected chi connectivity index (χ2v) is 3.38. The molecular weight excluding hydrogens is 174 g/mol. The maximum atomic E-state index is 10.1. The predicted molar refractivity (Wildman–Crippen MR) is 48.8 cm³/mol. The summed E-state index contributed by atoms with van der Waals surface area (Å²) in [6.45, 7) is 0. The smallest absolute Gasteiger partial charge is 0.303 e. The molecule has 1 N–H and O–H groups in total. The first-order valence-electron chi connectivity index (χ1n) is 4.00. The van der Waals surface area contributed by atoms with E-state index in [0.29, 0.717) is 0 Å². The highest BCUT2D eigenvalue weighted by Crippen LogP contribution is 2.07. The van der Waals surface area contributed by atoms with Crippen LogP contribution in [0.3, 0.4) is 0 Å². The lowest BCUT2D eigenvalue weighted by Gasteiger charge is -1.96. The summed E-state index contributed by atoms with van der Waals surface area (Å²) in [6.07, 6.45) is 4.02. The number of carboxylic acids is 1. The Bertz CT molecular complexity index is 165. The van der Waals surface area contributed by atoms with Crippen molar-refractivity contribution in [3.8, 4) is 5.40 Å². The van der Waals surface area contributed by atoms with Crippen molar-refractivity contribution in [2.75, 3.05) is 5.75 Å². The zero-order valence-electron chi connectivity index (χ0n) is 6.95. The molecule has 0 unspecified atom stereocenters. The second kappa shape index (κ2) is 8.41. The summed E-state index contributed by atoms with van der Waals surface area (Å²) in [5.41, 5.74) is 0. The minimum Gasteiger partial charge on any atom is -0.481 e. The highest BCUT2D eigenvalue weighted by Gasteiger charge is 1.95. The summed E-state index contributed by atoms with van der Waals surface area (Å²) in [7, 11) is 0. The molecule has 0 amide bonds. The molecule has 0 aliphatic heterocycles. The average Bonchev–Trinajstić information content (AvgIpc) is 2.02. The molecule has 0 saturated carbocycles. The Morgan fingerprint density at radius 3 is 2.58 bits per heavy atom. The quantitative estimate of drug-likeness (QED) is 0.490. The van der Waals surface area contributed by atoms with Crippen LogP contribution >= 0.6 is 11.8 Å². The third kappa shape index (κ3) is 9.31. The van der Waals surface area contributed by atoms with Crippen LogP contribution < -0.4 is 0 Å². The number of unbranched alkanes of at least 4 members (excludes halogenated alkanes) is 3. The zero-order chi connectivity index (χ0) is 9.23. The third-order valence-electron chi connectivity index (χ3n) is 1.45. The van der Waals surface area contributed by atoms with E-state index < -0.39 is 5.97 Å². The number of carbonyl (C=O) groups is 1. The largest absolute Gasteiger partial charge is 0.481 e. The molecule has 0 bridgehead atoms. The summed E-state index contributed by atoms with van der Waals surface area (Å²) in [5.74, 6) is 0.144. The minimum atomic E-state index is -0.721. The Kier molecular flexibility index (Phi) is 7.92. The van der Waals surface area contributed by atoms with E-state index >= 15 is 0 Å². The van der Waals surface area contributed by atoms with Gasteiger partial charge in [-0.15, -0.1) is 0 Å². The number of thiocyanates is 1. The summed E-state index contributed by atoms with van der Waals surface area (Å²) in [4.78, 5) is 10.1. The van der Waals surface area contributed by atoms with E-state index in [-0.39, 0.29) is 6.42 Å². The van der Waals surface area contributed by atoms with Gasteiger partial charge >= 0.3 is 5.97 Å². The first-order valence-corrected chi connectivity index (χ1v) is 4.98. The van der Waals surface area contributed by atoms with Crippen molar-refractivity contribution in [2.24, 2.45) is 0 Å². The van der Waals surface area contributed by atoms with E-state index in [1.165, 1.54) is 11.8 Å². The lowest BCUT2D eigenvalue weighted by molar-refractivity contribution is -0.137. The van der Waals surface area contributed by atoms with E-state index in [1.807, 2.05) is 5.40 Å². The Labute approximate surface area is 76.8 Å². The first-order chi connectivity index (χ1) is 5.77. The van der Waals surface area contributed by atoms with Gasteiger partial charge in [-0.1, -0.05) is 12.8 Å². The number of nitrogens with zero attached hydrogens (tertiary/aromatic N) is 1. The van der Waals surface area contributed by atoms with Crippen LogP contribution in [0.15, 0.2) is 0 Å². The van der Waals surface area contributed by atoms with Crippen LogP contribution in [0.25, 0.3) is 0 Å². The van der Waals surface area contributed by atoms with Gasteiger partial charge in [0, 0.05) is 12.2 Å². The van der Waals surface area contributed by atoms with Gasteiger partial charge in [-0.3, -0.25) is 4.79 Å². The topological polar surface area (TPSA) is 61.1 Å². The number of carboxylic acid groups (broad SMARTS) is 1. The van der Waals surface area contributed by atoms with E-state index in [1.54, 1.807) is 0 Å². The Morgan fingerprint density at radius 1 is 1.33 bits per heavy atom. The molecular formula is C8H13NO2S. The van der Waals surface area contributed by atoms with Gasteiger partial charge in [0.15, 0.2) is 0 Å². The van der Waals surface area contributed by atoms with Crippen LogP contribution in [0.4, 0.5) is 0 Å². The molecule has 0 aromatic carbocycles. The van der Waals surface area contributed by atoms with Crippen molar-refractivity contribution in [3.63, 3.8) is 0 Å². The number of nitriles is 1. The molecule has 0 spiro atoms. The highest BCUT2D eigenvalue weighted by molar-refractivity contribution is 8.03. The molecule has 0 aliphatic rings. The molecule has 3 nitrogen and oxygen atoms in total. The van der Waals surface area contributed by atoms with Crippen LogP contribution in [-0.2, 0) is 4.79 Å². The average molecular weight is 187 g/mol. The van der Waals surface area contributed by atoms with Gasteiger partial charge in [0.05, 0.1) is 0 Å². The van der Waals surface area contributed by atoms with E-state index in [0.717, 1.165) is 31.4 Å². The normalized spacial score (nSPS) is 9.25. The lowest BCUT2D eigenvalue weighted by Crippen LogP contribution is -1.93. The molecule has 0 saturated heterocycles. The monoisotopic (exact) mass is 187 g/mol. The predicted octanol–water partition coefficient (Wildman–Crippen LogP) is 2.24. The molecule has 0 aliphatic carbocycles. The molecule has 4 heteroatoms. The van der Waals surface area contributed by atoms with Crippen molar-refractivity contribution < 1.29 is 9.90 Å². The van der Waals surface area contributed by atoms with Crippen LogP contribution in [0.5, 0.6) is 0 Å². The Balaban J connectivity index is 2.92. The highest BCUT2D eigenvalue weighted by atomic mass is 32.2. The van der Waals surface area contributed by atoms with Gasteiger partial charge in [-0.2, -0.15) is 5.26 Å². The van der Waals surface area contributed by atoms with E-state index in [2.05, 4.69) is 0 Å². The van der Waals surface area contributed by atoms with Gasteiger partial charge in [-0.25, -0.2) is 0 Å². The maximum absolute atomic E-state index is 10.1. The number of hydrogen-bond acceptors (Lipinski definition) is 3. The molecule has 0 atom stereocenters. The number of thioether (sulfide) groups is 1. The van der Waals surface area contributed by atoms with Crippen LogP contribution in [0, 0.1) is 10.7 Å². The van der Waals surface area contributed by atoms with Crippen LogP contribution in [0.1, 0.15) is 32.1 Å². The molecule has 0 fully saturated rings. The van der Waals surface area contributed by atoms with Gasteiger partial charge < -0.3 is 5.11 Å². The fraction of sp³-hybridized carbons (Fsp3) is 0.750. The summed E-state index contributed by atoms with van der Waals surface area (Å²) < 4.78 is 0. The Morgan fingerprint density at radius 2 is 2.00 bits per heavy atom. The van der Waals surface area contributed by atoms with Gasteiger partial charge in [0.1, 0.15) is 5.40 Å². The molecule has 0 rings (SSSR count). The number of hydrogen-bond donors (Lipinski definition) is 1. The van der Waals surface area contributed by atoms with Crippen molar-refractivity contribution in [1.29, 1.82) is 5.26 Å². The molecule has 0 aromatic rings. The molecule has 12 heavy (non-hydrogen) atoms. The summed E-state index contributed by atoms with van der Waals surface area (Å²) in [5, 5.41) is 18.5. The number of aliphatic carboxylic acids is 1. The fourth-order valence-electron chi connectivity index (χ4n) is 0.850. The van der Waals surface area contributed by atoms with E-state index in [4.69, 9.17) is 10.4 Å². The summed E-state index contributed by atoms with van der Waals surface area (Å²) in [6, 6.07) is 0. The van der Waals surface area contributed by atoms with Crippen molar-refractivity contribution >= 4 is 17.7 Å². The molecule has 0 heterocycles. The van der Waals surface area contributed by atoms with Crippen LogP contribution in [-0.4, -0.2) is 16.8 Å². The number of rotatable bonds is 7. The van der Waals surface area contributed by atoms with Gasteiger partial charge in [-0.05, 0) is 24.6 Å². The third-order valence-corrected chi connectivity index (χ3v) is 2.07. The standard InChI is InChI=1S/C8H13NO2S/c9-7-12-6-4-2-1-3-5-8(10)11/h1-6H2,(H,10,11). The zero-order valence-corrected chi connectivity index (χ0v) is 7.77. The minimum absolute atomic E-state index is 0.269. The van der Waals surface area contributed by atoms with Crippen molar-refractivity contribution in [1.82, 2.24) is 0 Å².